The number of aryl methyl sites for hydroxylation is 1. The Labute approximate surface area is 203 Å². The second kappa shape index (κ2) is 10.8. The topological polar surface area (TPSA) is 97.5 Å². The van der Waals surface area contributed by atoms with Crippen LogP contribution in [0.15, 0.2) is 48.9 Å². The van der Waals surface area contributed by atoms with Crippen LogP contribution in [0.2, 0.25) is 0 Å². The van der Waals surface area contributed by atoms with Gasteiger partial charge in [0, 0.05) is 58.2 Å². The Bertz CT molecular complexity index is 1180. The van der Waals surface area contributed by atoms with Crippen LogP contribution in [0.5, 0.6) is 0 Å². The molecule has 2 atom stereocenters. The fourth-order valence-corrected chi connectivity index (χ4v) is 4.13. The van der Waals surface area contributed by atoms with Crippen LogP contribution in [0.3, 0.4) is 0 Å². The highest BCUT2D eigenvalue weighted by Gasteiger charge is 2.34. The van der Waals surface area contributed by atoms with Gasteiger partial charge in [0.15, 0.2) is 0 Å². The van der Waals surface area contributed by atoms with Crippen LogP contribution in [0, 0.1) is 5.82 Å². The Kier molecular flexibility index (Phi) is 7.57. The molecule has 2 aromatic heterocycles. The minimum absolute atomic E-state index is 0.0335. The van der Waals surface area contributed by atoms with Crippen LogP contribution in [0.1, 0.15) is 28.5 Å². The molecule has 3 aromatic rings. The summed E-state index contributed by atoms with van der Waals surface area (Å²) in [5.41, 5.74) is 1.85. The van der Waals surface area contributed by atoms with E-state index in [2.05, 4.69) is 20.4 Å². The summed E-state index contributed by atoms with van der Waals surface area (Å²) in [7, 11) is 5.31. The number of carbonyl (C=O) groups is 2. The van der Waals surface area contributed by atoms with Crippen LogP contribution in [-0.2, 0) is 23.1 Å². The molecule has 0 aliphatic carbocycles. The van der Waals surface area contributed by atoms with Gasteiger partial charge in [-0.25, -0.2) is 4.39 Å². The number of carbonyl (C=O) groups excluding carboxylic acids is 2. The van der Waals surface area contributed by atoms with Crippen LogP contribution in [0.4, 0.5) is 10.1 Å². The molecular weight excluding hydrogens is 453 g/mol. The van der Waals surface area contributed by atoms with E-state index in [1.807, 2.05) is 22.5 Å². The minimum Gasteiger partial charge on any atom is -0.370 e. The number of ether oxygens (including phenoxy) is 1. The number of hydrogen-bond donors (Lipinski definition) is 1. The van der Waals surface area contributed by atoms with E-state index < -0.39 is 11.7 Å². The zero-order chi connectivity index (χ0) is 24.9. The fourth-order valence-electron chi connectivity index (χ4n) is 4.13. The SMILES string of the molecule is CN(C)C(=O)COC[C@@H]1C[C@H](n2cc(NC(=O)c3cccc(F)c3)cn2)CN1Cc1ccnn1C. The molecule has 2 amide bonds. The second-order valence-corrected chi connectivity index (χ2v) is 8.90. The highest BCUT2D eigenvalue weighted by molar-refractivity contribution is 6.04. The molecule has 35 heavy (non-hydrogen) atoms. The zero-order valence-electron chi connectivity index (χ0n) is 20.1. The lowest BCUT2D eigenvalue weighted by molar-refractivity contribution is -0.134. The van der Waals surface area contributed by atoms with Gasteiger partial charge in [-0.2, -0.15) is 10.2 Å². The summed E-state index contributed by atoms with van der Waals surface area (Å²) in [6, 6.07) is 7.66. The number of hydrogen-bond acceptors (Lipinski definition) is 6. The summed E-state index contributed by atoms with van der Waals surface area (Å²) in [5, 5.41) is 11.5. The average molecular weight is 484 g/mol. The lowest BCUT2D eigenvalue weighted by Crippen LogP contribution is -2.35. The van der Waals surface area contributed by atoms with Crippen LogP contribution >= 0.6 is 0 Å². The van der Waals surface area contributed by atoms with Gasteiger partial charge in [-0.3, -0.25) is 23.9 Å². The summed E-state index contributed by atoms with van der Waals surface area (Å²) in [6.07, 6.45) is 5.91. The molecule has 0 bridgehead atoms. The quantitative estimate of drug-likeness (QED) is 0.500. The smallest absolute Gasteiger partial charge is 0.255 e. The molecule has 4 rings (SSSR count). The molecule has 1 fully saturated rings. The number of rotatable bonds is 9. The van der Waals surface area contributed by atoms with Gasteiger partial charge in [-0.1, -0.05) is 6.07 Å². The highest BCUT2D eigenvalue weighted by Crippen LogP contribution is 2.29. The Balaban J connectivity index is 1.42. The predicted molar refractivity (Wildman–Crippen MR) is 127 cm³/mol. The number of halogens is 1. The van der Waals surface area contributed by atoms with Crippen molar-refractivity contribution in [2.45, 2.75) is 25.0 Å². The molecule has 0 radical (unpaired) electrons. The van der Waals surface area contributed by atoms with Crippen molar-refractivity contribution in [2.24, 2.45) is 7.05 Å². The normalized spacial score (nSPS) is 18.1. The molecule has 0 saturated carbocycles. The van der Waals surface area contributed by atoms with Crippen molar-refractivity contribution in [3.63, 3.8) is 0 Å². The van der Waals surface area contributed by atoms with E-state index in [-0.39, 0.29) is 30.2 Å². The van der Waals surface area contributed by atoms with E-state index >= 15 is 0 Å². The summed E-state index contributed by atoms with van der Waals surface area (Å²) in [6.45, 7) is 1.86. The molecule has 1 aliphatic rings. The number of nitrogens with one attached hydrogen (secondary N) is 1. The maximum atomic E-state index is 13.4. The van der Waals surface area contributed by atoms with Gasteiger partial charge in [-0.05, 0) is 30.7 Å². The standard InChI is InChI=1S/C24H30FN7O3/c1-29(2)23(33)16-35-15-22-10-21(14-31(22)13-20-7-8-26-30(20)3)32-12-19(11-27-32)28-24(34)17-5-4-6-18(25)9-17/h4-9,11-12,21-22H,10,13-16H2,1-3H3,(H,28,34)/t21-,22-/m0/s1. The highest BCUT2D eigenvalue weighted by atomic mass is 19.1. The number of benzene rings is 1. The molecular formula is C24H30FN7O3. The lowest BCUT2D eigenvalue weighted by Gasteiger charge is -2.24. The van der Waals surface area contributed by atoms with E-state index in [4.69, 9.17) is 4.74 Å². The molecule has 11 heteroatoms. The van der Waals surface area contributed by atoms with Crippen molar-refractivity contribution >= 4 is 17.5 Å². The van der Waals surface area contributed by atoms with Crippen LogP contribution in [-0.4, -0.2) is 81.1 Å². The number of likely N-dealkylation sites (N-methyl/N-ethyl adjacent to an activating group) is 1. The van der Waals surface area contributed by atoms with E-state index in [1.165, 1.54) is 23.1 Å². The number of anilines is 1. The van der Waals surface area contributed by atoms with E-state index in [9.17, 15) is 14.0 Å². The molecule has 186 valence electrons. The van der Waals surface area contributed by atoms with Crippen molar-refractivity contribution in [3.05, 3.63) is 66.0 Å². The first-order valence-corrected chi connectivity index (χ1v) is 11.4. The number of nitrogens with zero attached hydrogens (tertiary/aromatic N) is 6. The van der Waals surface area contributed by atoms with Gasteiger partial charge in [0.25, 0.3) is 5.91 Å². The van der Waals surface area contributed by atoms with E-state index in [0.717, 1.165) is 18.7 Å². The first-order chi connectivity index (χ1) is 16.8. The minimum atomic E-state index is -0.464. The maximum absolute atomic E-state index is 13.4. The summed E-state index contributed by atoms with van der Waals surface area (Å²) >= 11 is 0. The number of likely N-dealkylation sites (tertiary alicyclic amines) is 1. The molecule has 3 heterocycles. The van der Waals surface area contributed by atoms with Gasteiger partial charge < -0.3 is 15.0 Å². The Morgan fingerprint density at radius 1 is 1.26 bits per heavy atom. The van der Waals surface area contributed by atoms with Crippen LogP contribution < -0.4 is 5.32 Å². The van der Waals surface area contributed by atoms with E-state index in [0.29, 0.717) is 18.8 Å². The summed E-state index contributed by atoms with van der Waals surface area (Å²) in [5.74, 6) is -0.943. The van der Waals surface area contributed by atoms with Gasteiger partial charge in [0.2, 0.25) is 5.91 Å². The van der Waals surface area contributed by atoms with Crippen molar-refractivity contribution in [1.29, 1.82) is 0 Å². The Hall–Kier alpha value is -3.57. The first kappa shape index (κ1) is 24.6. The first-order valence-electron chi connectivity index (χ1n) is 11.4. The number of aromatic nitrogens is 4. The summed E-state index contributed by atoms with van der Waals surface area (Å²) in [4.78, 5) is 28.2. The lowest BCUT2D eigenvalue weighted by atomic mass is 10.2. The van der Waals surface area contributed by atoms with Crippen molar-refractivity contribution in [1.82, 2.24) is 29.4 Å². The van der Waals surface area contributed by atoms with Gasteiger partial charge >= 0.3 is 0 Å². The summed E-state index contributed by atoms with van der Waals surface area (Å²) < 4.78 is 22.9. The molecule has 1 saturated heterocycles. The maximum Gasteiger partial charge on any atom is 0.255 e. The van der Waals surface area contributed by atoms with Gasteiger partial charge in [0.05, 0.1) is 30.2 Å². The van der Waals surface area contributed by atoms with Crippen molar-refractivity contribution in [3.8, 4) is 0 Å². The molecule has 0 spiro atoms. The van der Waals surface area contributed by atoms with Gasteiger partial charge in [-0.15, -0.1) is 0 Å². The molecule has 10 nitrogen and oxygen atoms in total. The zero-order valence-corrected chi connectivity index (χ0v) is 20.1. The fraction of sp³-hybridized carbons (Fsp3) is 0.417. The largest absolute Gasteiger partial charge is 0.370 e. The van der Waals surface area contributed by atoms with Crippen LogP contribution in [0.25, 0.3) is 0 Å². The Morgan fingerprint density at radius 3 is 2.80 bits per heavy atom. The third-order valence-corrected chi connectivity index (χ3v) is 6.15. The molecule has 1 N–H and O–H groups in total. The third kappa shape index (κ3) is 6.11. The third-order valence-electron chi connectivity index (χ3n) is 6.15. The van der Waals surface area contributed by atoms with E-state index in [1.54, 1.807) is 38.8 Å². The second-order valence-electron chi connectivity index (χ2n) is 8.90. The predicted octanol–water partition coefficient (Wildman–Crippen LogP) is 1.93. The molecule has 1 aromatic carbocycles. The van der Waals surface area contributed by atoms with Crippen molar-refractivity contribution in [2.75, 3.05) is 39.2 Å². The number of amides is 2. The average Bonchev–Trinajstić information content (AvgIpc) is 3.55. The van der Waals surface area contributed by atoms with Crippen molar-refractivity contribution < 1.29 is 18.7 Å². The Morgan fingerprint density at radius 2 is 2.09 bits per heavy atom. The monoisotopic (exact) mass is 483 g/mol. The molecule has 1 aliphatic heterocycles. The van der Waals surface area contributed by atoms with Gasteiger partial charge in [0.1, 0.15) is 12.4 Å². The molecule has 0 unspecified atom stereocenters.